The molecule has 2 aromatic rings. The fourth-order valence-corrected chi connectivity index (χ4v) is 3.07. The van der Waals surface area contributed by atoms with Crippen LogP contribution in [0.15, 0.2) is 35.7 Å². The average molecular weight is 276 g/mol. The zero-order valence-corrected chi connectivity index (χ0v) is 11.5. The van der Waals surface area contributed by atoms with Gasteiger partial charge in [0.15, 0.2) is 0 Å². The summed E-state index contributed by atoms with van der Waals surface area (Å²) in [5.41, 5.74) is 7.74. The minimum absolute atomic E-state index is 0.212. The number of thiophene rings is 1. The molecule has 1 aliphatic rings. The molecule has 1 aliphatic carbocycles. The second-order valence-corrected chi connectivity index (χ2v) is 5.95. The Hall–Kier alpha value is -1.39. The van der Waals surface area contributed by atoms with E-state index in [1.807, 2.05) is 6.07 Å². The number of hydrogen-bond acceptors (Lipinski definition) is 3. The molecule has 0 amide bonds. The van der Waals surface area contributed by atoms with Crippen LogP contribution < -0.4 is 10.6 Å². The topological polar surface area (TPSA) is 29.3 Å². The summed E-state index contributed by atoms with van der Waals surface area (Å²) in [7, 11) is 0. The summed E-state index contributed by atoms with van der Waals surface area (Å²) in [6.07, 6.45) is 2.43. The van der Waals surface area contributed by atoms with Gasteiger partial charge in [-0.15, -0.1) is 11.3 Å². The van der Waals surface area contributed by atoms with Crippen molar-refractivity contribution >= 4 is 17.0 Å². The summed E-state index contributed by atoms with van der Waals surface area (Å²) in [5, 5.41) is 2.09. The first-order chi connectivity index (χ1) is 9.28. The van der Waals surface area contributed by atoms with E-state index in [2.05, 4.69) is 22.4 Å². The molecule has 0 bridgehead atoms. The van der Waals surface area contributed by atoms with Crippen molar-refractivity contribution in [2.24, 2.45) is 5.73 Å². The molecule has 0 spiro atoms. The Kier molecular flexibility index (Phi) is 3.53. The molecular weight excluding hydrogens is 259 g/mol. The van der Waals surface area contributed by atoms with Crippen molar-refractivity contribution in [3.8, 4) is 0 Å². The zero-order chi connectivity index (χ0) is 13.2. The standard InChI is InChI=1S/C15H17FN2S/c16-12-3-6-15(11(8-12)9-17)18(13-4-5-13)10-14-2-1-7-19-14/h1-3,6-8,13H,4-5,9-10,17H2. The second-order valence-electron chi connectivity index (χ2n) is 4.92. The Morgan fingerprint density at radius 2 is 2.16 bits per heavy atom. The highest BCUT2D eigenvalue weighted by Crippen LogP contribution is 2.35. The molecule has 1 fully saturated rings. The van der Waals surface area contributed by atoms with Gasteiger partial charge in [-0.2, -0.15) is 0 Å². The molecule has 1 aromatic carbocycles. The predicted molar refractivity (Wildman–Crippen MR) is 77.8 cm³/mol. The van der Waals surface area contributed by atoms with Crippen LogP contribution in [0.25, 0.3) is 0 Å². The van der Waals surface area contributed by atoms with Crippen molar-refractivity contribution in [2.45, 2.75) is 32.0 Å². The highest BCUT2D eigenvalue weighted by Gasteiger charge is 2.30. The van der Waals surface area contributed by atoms with Crippen LogP contribution in [-0.2, 0) is 13.1 Å². The number of halogens is 1. The Balaban J connectivity index is 1.91. The normalized spacial score (nSPS) is 14.6. The molecule has 1 heterocycles. The van der Waals surface area contributed by atoms with Crippen LogP contribution in [0.1, 0.15) is 23.3 Å². The maximum atomic E-state index is 13.3. The van der Waals surface area contributed by atoms with Crippen LogP contribution in [0.5, 0.6) is 0 Å². The first-order valence-electron chi connectivity index (χ1n) is 6.55. The van der Waals surface area contributed by atoms with Gasteiger partial charge in [0.2, 0.25) is 0 Å². The van der Waals surface area contributed by atoms with Crippen molar-refractivity contribution in [2.75, 3.05) is 4.90 Å². The van der Waals surface area contributed by atoms with E-state index < -0.39 is 0 Å². The summed E-state index contributed by atoms with van der Waals surface area (Å²) in [6, 6.07) is 9.74. The fourth-order valence-electron chi connectivity index (χ4n) is 2.37. The smallest absolute Gasteiger partial charge is 0.123 e. The summed E-state index contributed by atoms with van der Waals surface area (Å²) in [6.45, 7) is 1.27. The summed E-state index contributed by atoms with van der Waals surface area (Å²) in [4.78, 5) is 3.70. The number of nitrogens with two attached hydrogens (primary N) is 1. The van der Waals surface area contributed by atoms with Crippen molar-refractivity contribution in [1.82, 2.24) is 0 Å². The Labute approximate surface area is 116 Å². The molecule has 4 heteroatoms. The molecule has 3 rings (SSSR count). The Morgan fingerprint density at radius 3 is 2.79 bits per heavy atom. The quantitative estimate of drug-likeness (QED) is 0.905. The van der Waals surface area contributed by atoms with Crippen LogP contribution in [-0.4, -0.2) is 6.04 Å². The highest BCUT2D eigenvalue weighted by molar-refractivity contribution is 7.09. The monoisotopic (exact) mass is 276 g/mol. The SMILES string of the molecule is NCc1cc(F)ccc1N(Cc1cccs1)C1CC1. The minimum Gasteiger partial charge on any atom is -0.363 e. The summed E-state index contributed by atoms with van der Waals surface area (Å²) in [5.74, 6) is -0.212. The van der Waals surface area contributed by atoms with E-state index >= 15 is 0 Å². The van der Waals surface area contributed by atoms with Gasteiger partial charge in [0.05, 0.1) is 6.54 Å². The van der Waals surface area contributed by atoms with Gasteiger partial charge in [0.1, 0.15) is 5.82 Å². The predicted octanol–water partition coefficient (Wildman–Crippen LogP) is 3.51. The van der Waals surface area contributed by atoms with E-state index in [1.54, 1.807) is 17.4 Å². The third kappa shape index (κ3) is 2.80. The highest BCUT2D eigenvalue weighted by atomic mass is 32.1. The van der Waals surface area contributed by atoms with E-state index in [9.17, 15) is 4.39 Å². The summed E-state index contributed by atoms with van der Waals surface area (Å²) < 4.78 is 13.3. The Morgan fingerprint density at radius 1 is 1.32 bits per heavy atom. The van der Waals surface area contributed by atoms with Crippen molar-refractivity contribution in [3.63, 3.8) is 0 Å². The average Bonchev–Trinajstić information content (AvgIpc) is 3.13. The molecular formula is C15H17FN2S. The van der Waals surface area contributed by atoms with Crippen LogP contribution in [0.2, 0.25) is 0 Å². The van der Waals surface area contributed by atoms with Crippen molar-refractivity contribution in [1.29, 1.82) is 0 Å². The molecule has 0 radical (unpaired) electrons. The number of anilines is 1. The number of hydrogen-bond donors (Lipinski definition) is 1. The number of benzene rings is 1. The van der Waals surface area contributed by atoms with Crippen molar-refractivity contribution < 1.29 is 4.39 Å². The molecule has 0 saturated heterocycles. The van der Waals surface area contributed by atoms with Gasteiger partial charge in [0.25, 0.3) is 0 Å². The van der Waals surface area contributed by atoms with E-state index in [0.717, 1.165) is 17.8 Å². The van der Waals surface area contributed by atoms with E-state index in [1.165, 1.54) is 23.8 Å². The lowest BCUT2D eigenvalue weighted by Crippen LogP contribution is -2.26. The minimum atomic E-state index is -0.212. The number of nitrogens with zero attached hydrogens (tertiary/aromatic N) is 1. The largest absolute Gasteiger partial charge is 0.363 e. The van der Waals surface area contributed by atoms with Gasteiger partial charge in [-0.1, -0.05) is 6.07 Å². The molecule has 0 atom stereocenters. The molecule has 0 aliphatic heterocycles. The van der Waals surface area contributed by atoms with Crippen LogP contribution in [0, 0.1) is 5.82 Å². The van der Waals surface area contributed by atoms with Gasteiger partial charge in [0, 0.05) is 23.2 Å². The maximum Gasteiger partial charge on any atom is 0.123 e. The maximum absolute atomic E-state index is 13.3. The first-order valence-corrected chi connectivity index (χ1v) is 7.43. The number of rotatable bonds is 5. The van der Waals surface area contributed by atoms with Crippen molar-refractivity contribution in [3.05, 3.63) is 52.0 Å². The van der Waals surface area contributed by atoms with E-state index in [0.29, 0.717) is 12.6 Å². The van der Waals surface area contributed by atoms with Gasteiger partial charge in [-0.3, -0.25) is 0 Å². The third-order valence-electron chi connectivity index (χ3n) is 3.46. The molecule has 2 N–H and O–H groups in total. The zero-order valence-electron chi connectivity index (χ0n) is 10.7. The first kappa shape index (κ1) is 12.6. The second kappa shape index (κ2) is 5.31. The lowest BCUT2D eigenvalue weighted by atomic mass is 10.1. The van der Waals surface area contributed by atoms with Crippen LogP contribution in [0.3, 0.4) is 0 Å². The lowest BCUT2D eigenvalue weighted by molar-refractivity contribution is 0.624. The van der Waals surface area contributed by atoms with Crippen LogP contribution >= 0.6 is 11.3 Å². The fraction of sp³-hybridized carbons (Fsp3) is 0.333. The van der Waals surface area contributed by atoms with Gasteiger partial charge in [-0.25, -0.2) is 4.39 Å². The molecule has 19 heavy (non-hydrogen) atoms. The molecule has 0 unspecified atom stereocenters. The van der Waals surface area contributed by atoms with Gasteiger partial charge >= 0.3 is 0 Å². The third-order valence-corrected chi connectivity index (χ3v) is 4.33. The molecule has 1 aromatic heterocycles. The van der Waals surface area contributed by atoms with Crippen LogP contribution in [0.4, 0.5) is 10.1 Å². The molecule has 1 saturated carbocycles. The molecule has 100 valence electrons. The molecule has 2 nitrogen and oxygen atoms in total. The van der Waals surface area contributed by atoms with E-state index in [-0.39, 0.29) is 5.82 Å². The Bertz CT molecular complexity index is 549. The summed E-state index contributed by atoms with van der Waals surface area (Å²) >= 11 is 1.76. The lowest BCUT2D eigenvalue weighted by Gasteiger charge is -2.26. The van der Waals surface area contributed by atoms with Gasteiger partial charge in [-0.05, 0) is 48.1 Å². The van der Waals surface area contributed by atoms with Gasteiger partial charge < -0.3 is 10.6 Å². The van der Waals surface area contributed by atoms with E-state index in [4.69, 9.17) is 5.73 Å².